The minimum Gasteiger partial charge on any atom is -0.744 e. The van der Waals surface area contributed by atoms with Gasteiger partial charge in [0.15, 0.2) is 0 Å². The van der Waals surface area contributed by atoms with Gasteiger partial charge in [0, 0.05) is 6.61 Å². The van der Waals surface area contributed by atoms with E-state index in [0.717, 1.165) is 0 Å². The summed E-state index contributed by atoms with van der Waals surface area (Å²) in [4.78, 5) is -0.251. The van der Waals surface area contributed by atoms with Crippen LogP contribution in [0.2, 0.25) is 0 Å². The maximum absolute atomic E-state index is 10.6. The van der Waals surface area contributed by atoms with Crippen molar-refractivity contribution in [3.8, 4) is 0 Å². The maximum atomic E-state index is 10.6. The van der Waals surface area contributed by atoms with Crippen molar-refractivity contribution < 1.29 is 47.6 Å². The summed E-state index contributed by atoms with van der Waals surface area (Å²) in [6, 6.07) is 5.66. The van der Waals surface area contributed by atoms with Crippen LogP contribution in [0.5, 0.6) is 0 Å². The first kappa shape index (κ1) is 14.1. The molecule has 1 aromatic carbocycles. The molecule has 0 spiro atoms. The molecule has 0 radical (unpaired) electrons. The van der Waals surface area contributed by atoms with Crippen molar-refractivity contribution in [3.63, 3.8) is 0 Å². The minimum atomic E-state index is -4.38. The molecule has 1 rings (SSSR count). The van der Waals surface area contributed by atoms with E-state index in [0.29, 0.717) is 12.0 Å². The number of hydrogen-bond acceptors (Lipinski definition) is 4. The molecule has 0 heterocycles. The first-order chi connectivity index (χ1) is 6.04. The number of aliphatic hydroxyl groups excluding tert-OH is 1. The molecule has 0 bridgehead atoms. The van der Waals surface area contributed by atoms with E-state index in [4.69, 9.17) is 5.11 Å². The topological polar surface area (TPSA) is 77.4 Å². The van der Waals surface area contributed by atoms with Gasteiger partial charge in [-0.2, -0.15) is 0 Å². The van der Waals surface area contributed by atoms with Crippen LogP contribution in [-0.2, 0) is 16.5 Å². The van der Waals surface area contributed by atoms with E-state index in [2.05, 4.69) is 0 Å². The summed E-state index contributed by atoms with van der Waals surface area (Å²) < 4.78 is 31.7. The molecular formula is C8H9NaO4S. The molecule has 0 aliphatic heterocycles. The van der Waals surface area contributed by atoms with Gasteiger partial charge in [0.05, 0.1) is 4.90 Å². The van der Waals surface area contributed by atoms with Crippen LogP contribution < -0.4 is 29.6 Å². The molecule has 0 saturated carbocycles. The zero-order chi connectivity index (χ0) is 9.90. The molecule has 72 valence electrons. The Labute approximate surface area is 105 Å². The third-order valence-corrected chi connectivity index (χ3v) is 2.42. The zero-order valence-corrected chi connectivity index (χ0v) is 10.6. The summed E-state index contributed by atoms with van der Waals surface area (Å²) in [5.41, 5.74) is 0.638. The van der Waals surface area contributed by atoms with Gasteiger partial charge in [-0.25, -0.2) is 8.42 Å². The standard InChI is InChI=1S/C8H10O4S.Na/c9-5-4-7-2-1-3-8(6-7)13(10,11)12;/h1-3,6,9H,4-5H2,(H,10,11,12);/q;+1/p-1. The van der Waals surface area contributed by atoms with Crippen LogP contribution in [0, 0.1) is 0 Å². The molecule has 0 amide bonds. The van der Waals surface area contributed by atoms with Crippen LogP contribution >= 0.6 is 0 Å². The van der Waals surface area contributed by atoms with Gasteiger partial charge in [-0.1, -0.05) is 12.1 Å². The van der Waals surface area contributed by atoms with E-state index in [1.54, 1.807) is 6.07 Å². The molecule has 0 aliphatic carbocycles. The van der Waals surface area contributed by atoms with Crippen LogP contribution in [-0.4, -0.2) is 24.7 Å². The Kier molecular flexibility index (Phi) is 5.88. The fraction of sp³-hybridized carbons (Fsp3) is 0.250. The fourth-order valence-corrected chi connectivity index (χ4v) is 1.53. The minimum absolute atomic E-state index is 0. The summed E-state index contributed by atoms with van der Waals surface area (Å²) in [6.45, 7) is -0.0671. The molecule has 0 aliphatic rings. The van der Waals surface area contributed by atoms with Gasteiger partial charge < -0.3 is 9.66 Å². The third kappa shape index (κ3) is 4.08. The first-order valence-corrected chi connectivity index (χ1v) is 5.10. The molecule has 14 heavy (non-hydrogen) atoms. The molecule has 0 atom stereocenters. The Balaban J connectivity index is 0.00000169. The third-order valence-electron chi connectivity index (χ3n) is 1.59. The van der Waals surface area contributed by atoms with E-state index in [1.165, 1.54) is 18.2 Å². The van der Waals surface area contributed by atoms with Gasteiger partial charge in [-0.05, 0) is 24.1 Å². The van der Waals surface area contributed by atoms with Crippen molar-refractivity contribution in [2.75, 3.05) is 6.61 Å². The van der Waals surface area contributed by atoms with Gasteiger partial charge in [0.2, 0.25) is 0 Å². The summed E-state index contributed by atoms with van der Waals surface area (Å²) in [6.07, 6.45) is 0.351. The molecule has 0 aromatic heterocycles. The molecule has 0 unspecified atom stereocenters. The number of rotatable bonds is 3. The van der Waals surface area contributed by atoms with E-state index >= 15 is 0 Å². The summed E-state index contributed by atoms with van der Waals surface area (Å²) in [7, 11) is -4.38. The normalized spacial score (nSPS) is 10.7. The van der Waals surface area contributed by atoms with Crippen LogP contribution in [0.3, 0.4) is 0 Å². The summed E-state index contributed by atoms with van der Waals surface area (Å²) in [5.74, 6) is 0. The van der Waals surface area contributed by atoms with E-state index in [1.807, 2.05) is 0 Å². The Morgan fingerprint density at radius 1 is 1.36 bits per heavy atom. The van der Waals surface area contributed by atoms with Crippen molar-refractivity contribution >= 4 is 10.1 Å². The largest absolute Gasteiger partial charge is 1.00 e. The van der Waals surface area contributed by atoms with Crippen molar-refractivity contribution in [1.82, 2.24) is 0 Å². The average molecular weight is 224 g/mol. The van der Waals surface area contributed by atoms with Gasteiger partial charge in [-0.3, -0.25) is 0 Å². The molecular weight excluding hydrogens is 215 g/mol. The van der Waals surface area contributed by atoms with E-state index in [9.17, 15) is 13.0 Å². The van der Waals surface area contributed by atoms with Crippen LogP contribution in [0.15, 0.2) is 29.2 Å². The monoisotopic (exact) mass is 224 g/mol. The molecule has 1 N–H and O–H groups in total. The van der Waals surface area contributed by atoms with Gasteiger partial charge in [0.1, 0.15) is 10.1 Å². The predicted molar refractivity (Wildman–Crippen MR) is 45.2 cm³/mol. The van der Waals surface area contributed by atoms with Crippen LogP contribution in [0.1, 0.15) is 5.56 Å². The average Bonchev–Trinajstić information content (AvgIpc) is 2.04. The molecule has 0 fully saturated rings. The second-order valence-corrected chi connectivity index (χ2v) is 3.95. The Morgan fingerprint density at radius 3 is 2.50 bits per heavy atom. The smallest absolute Gasteiger partial charge is 0.744 e. The summed E-state index contributed by atoms with van der Waals surface area (Å²) >= 11 is 0. The van der Waals surface area contributed by atoms with Crippen molar-refractivity contribution in [3.05, 3.63) is 29.8 Å². The summed E-state index contributed by atoms with van der Waals surface area (Å²) in [5, 5.41) is 8.59. The Bertz CT molecular complexity index is 388. The van der Waals surface area contributed by atoms with E-state index < -0.39 is 10.1 Å². The predicted octanol–water partition coefficient (Wildman–Crippen LogP) is -2.87. The molecule has 6 heteroatoms. The number of benzene rings is 1. The van der Waals surface area contributed by atoms with Crippen molar-refractivity contribution in [1.29, 1.82) is 0 Å². The van der Waals surface area contributed by atoms with Crippen molar-refractivity contribution in [2.24, 2.45) is 0 Å². The second-order valence-electron chi connectivity index (χ2n) is 2.58. The van der Waals surface area contributed by atoms with Crippen molar-refractivity contribution in [2.45, 2.75) is 11.3 Å². The van der Waals surface area contributed by atoms with Gasteiger partial charge in [-0.15, -0.1) is 0 Å². The number of aliphatic hydroxyl groups is 1. The SMILES string of the molecule is O=S(=O)([O-])c1cccc(CCO)c1.[Na+]. The first-order valence-electron chi connectivity index (χ1n) is 3.70. The molecule has 0 saturated heterocycles. The Hall–Kier alpha value is 0.0900. The van der Waals surface area contributed by atoms with Crippen LogP contribution in [0.25, 0.3) is 0 Å². The second kappa shape index (κ2) is 5.85. The maximum Gasteiger partial charge on any atom is 1.00 e. The van der Waals surface area contributed by atoms with E-state index in [-0.39, 0.29) is 41.1 Å². The molecule has 4 nitrogen and oxygen atoms in total. The fourth-order valence-electron chi connectivity index (χ4n) is 0.986. The Morgan fingerprint density at radius 2 is 2.00 bits per heavy atom. The number of hydrogen-bond donors (Lipinski definition) is 1. The van der Waals surface area contributed by atoms with Gasteiger partial charge >= 0.3 is 29.6 Å². The van der Waals surface area contributed by atoms with Crippen LogP contribution in [0.4, 0.5) is 0 Å². The quantitative estimate of drug-likeness (QED) is 0.442. The van der Waals surface area contributed by atoms with Gasteiger partial charge in [0.25, 0.3) is 0 Å². The zero-order valence-electron chi connectivity index (χ0n) is 7.80. The molecule has 1 aromatic rings.